The number of benzene rings is 1. The summed E-state index contributed by atoms with van der Waals surface area (Å²) < 4.78 is 41.7. The molecule has 3 rings (SSSR count). The molecule has 0 radical (unpaired) electrons. The van der Waals surface area contributed by atoms with Crippen LogP contribution in [-0.4, -0.2) is 66.3 Å². The van der Waals surface area contributed by atoms with Gasteiger partial charge in [0.2, 0.25) is 0 Å². The third-order valence-electron chi connectivity index (χ3n) is 5.71. The first-order valence-electron chi connectivity index (χ1n) is 10.6. The molecule has 0 amide bonds. The Bertz CT molecular complexity index is 1010. The molecule has 1 aromatic rings. The predicted octanol–water partition coefficient (Wildman–Crippen LogP) is 2.25. The van der Waals surface area contributed by atoms with Gasteiger partial charge in [0.25, 0.3) is 0 Å². The van der Waals surface area contributed by atoms with Crippen molar-refractivity contribution in [2.75, 3.05) is 50.4 Å². The van der Waals surface area contributed by atoms with E-state index < -0.39 is 27.0 Å². The number of ether oxygens (including phenoxy) is 3. The summed E-state index contributed by atoms with van der Waals surface area (Å²) in [7, 11) is -1.30. The van der Waals surface area contributed by atoms with Crippen LogP contribution in [0.2, 0.25) is 0 Å². The van der Waals surface area contributed by atoms with E-state index in [9.17, 15) is 18.0 Å². The summed E-state index contributed by atoms with van der Waals surface area (Å²) in [6.45, 7) is 4.65. The number of piperidine rings is 1. The van der Waals surface area contributed by atoms with E-state index in [0.29, 0.717) is 0 Å². The van der Waals surface area contributed by atoms with E-state index >= 15 is 0 Å². The standard InChI is InChI=1S/C22H30N2O7S/c1-15(2)32(27,28)19-9-8-16(23-10-6-5-7-11-23)12-18(19)24-14-31-13-17(21(25)29-3)20(24)22(26)30-4/h8-9,12,15H,5-7,10-11,13-14H2,1-4H3. The summed E-state index contributed by atoms with van der Waals surface area (Å²) in [6.07, 6.45) is 3.25. The SMILES string of the molecule is COC(=O)C1=C(C(=O)OC)N(c2cc(N3CCCCC3)ccc2S(=O)(=O)C(C)C)COC1. The summed E-state index contributed by atoms with van der Waals surface area (Å²) >= 11 is 0. The van der Waals surface area contributed by atoms with Crippen molar-refractivity contribution in [3.63, 3.8) is 0 Å². The van der Waals surface area contributed by atoms with Gasteiger partial charge < -0.3 is 24.0 Å². The molecule has 2 aliphatic rings. The minimum atomic E-state index is -3.71. The summed E-state index contributed by atoms with van der Waals surface area (Å²) in [4.78, 5) is 28.7. The molecular weight excluding hydrogens is 436 g/mol. The molecule has 1 aromatic carbocycles. The number of nitrogens with zero attached hydrogens (tertiary/aromatic N) is 2. The minimum Gasteiger partial charge on any atom is -0.466 e. The highest BCUT2D eigenvalue weighted by molar-refractivity contribution is 7.92. The molecule has 176 valence electrons. The minimum absolute atomic E-state index is 0.0260. The Labute approximate surface area is 188 Å². The Morgan fingerprint density at radius 3 is 2.28 bits per heavy atom. The van der Waals surface area contributed by atoms with Gasteiger partial charge >= 0.3 is 11.9 Å². The Balaban J connectivity index is 2.23. The first-order valence-corrected chi connectivity index (χ1v) is 12.1. The number of carbonyl (C=O) groups excluding carboxylic acids is 2. The molecule has 0 bridgehead atoms. The Kier molecular flexibility index (Phi) is 7.45. The predicted molar refractivity (Wildman–Crippen MR) is 119 cm³/mol. The average molecular weight is 467 g/mol. The van der Waals surface area contributed by atoms with Gasteiger partial charge in [-0.2, -0.15) is 0 Å². The molecular formula is C22H30N2O7S. The molecule has 10 heteroatoms. The molecule has 0 unspecified atom stereocenters. The first-order chi connectivity index (χ1) is 15.2. The first kappa shape index (κ1) is 24.1. The van der Waals surface area contributed by atoms with Crippen LogP contribution in [0.15, 0.2) is 34.4 Å². The maximum absolute atomic E-state index is 13.2. The lowest BCUT2D eigenvalue weighted by Crippen LogP contribution is -2.40. The van der Waals surface area contributed by atoms with Crippen molar-refractivity contribution in [2.24, 2.45) is 0 Å². The third kappa shape index (κ3) is 4.61. The van der Waals surface area contributed by atoms with Gasteiger partial charge in [0.05, 0.1) is 42.2 Å². The molecule has 1 saturated heterocycles. The fraction of sp³-hybridized carbons (Fsp3) is 0.545. The van der Waals surface area contributed by atoms with Gasteiger partial charge in [0.15, 0.2) is 9.84 Å². The number of methoxy groups -OCH3 is 2. The smallest absolute Gasteiger partial charge is 0.355 e. The highest BCUT2D eigenvalue weighted by Crippen LogP contribution is 2.37. The van der Waals surface area contributed by atoms with Crippen LogP contribution in [0.4, 0.5) is 11.4 Å². The molecule has 0 aliphatic carbocycles. The lowest BCUT2D eigenvalue weighted by atomic mass is 10.1. The van der Waals surface area contributed by atoms with Crippen molar-refractivity contribution in [3.8, 4) is 0 Å². The summed E-state index contributed by atoms with van der Waals surface area (Å²) in [5.74, 6) is -1.51. The van der Waals surface area contributed by atoms with Crippen molar-refractivity contribution in [3.05, 3.63) is 29.5 Å². The second kappa shape index (κ2) is 9.91. The van der Waals surface area contributed by atoms with Crippen molar-refractivity contribution >= 4 is 33.2 Å². The van der Waals surface area contributed by atoms with E-state index in [2.05, 4.69) is 4.90 Å². The Hall–Kier alpha value is -2.59. The van der Waals surface area contributed by atoms with Crippen LogP contribution in [0.5, 0.6) is 0 Å². The maximum Gasteiger partial charge on any atom is 0.355 e. The van der Waals surface area contributed by atoms with Crippen LogP contribution in [-0.2, 0) is 33.6 Å². The quantitative estimate of drug-likeness (QED) is 0.584. The van der Waals surface area contributed by atoms with Crippen LogP contribution in [0.25, 0.3) is 0 Å². The lowest BCUT2D eigenvalue weighted by molar-refractivity contribution is -0.140. The summed E-state index contributed by atoms with van der Waals surface area (Å²) in [6, 6.07) is 5.10. The van der Waals surface area contributed by atoms with Gasteiger partial charge in [-0.15, -0.1) is 0 Å². The van der Waals surface area contributed by atoms with E-state index in [-0.39, 0.29) is 35.2 Å². The van der Waals surface area contributed by atoms with Crippen molar-refractivity contribution in [1.82, 2.24) is 0 Å². The van der Waals surface area contributed by atoms with E-state index in [1.54, 1.807) is 32.0 Å². The van der Waals surface area contributed by atoms with Crippen LogP contribution in [0, 0.1) is 0 Å². The summed E-state index contributed by atoms with van der Waals surface area (Å²) in [5, 5.41) is -0.682. The van der Waals surface area contributed by atoms with Crippen LogP contribution >= 0.6 is 0 Å². The van der Waals surface area contributed by atoms with Crippen molar-refractivity contribution < 1.29 is 32.2 Å². The van der Waals surface area contributed by atoms with E-state index in [1.165, 1.54) is 19.1 Å². The Morgan fingerprint density at radius 1 is 1.03 bits per heavy atom. The van der Waals surface area contributed by atoms with Gasteiger partial charge in [0.1, 0.15) is 12.4 Å². The van der Waals surface area contributed by atoms with Gasteiger partial charge in [-0.1, -0.05) is 0 Å². The van der Waals surface area contributed by atoms with E-state index in [0.717, 1.165) is 38.0 Å². The van der Waals surface area contributed by atoms with Crippen LogP contribution < -0.4 is 9.80 Å². The molecule has 2 aliphatic heterocycles. The monoisotopic (exact) mass is 466 g/mol. The van der Waals surface area contributed by atoms with Gasteiger partial charge in [-0.3, -0.25) is 0 Å². The molecule has 0 saturated carbocycles. The molecule has 32 heavy (non-hydrogen) atoms. The molecule has 2 heterocycles. The zero-order chi connectivity index (χ0) is 23.5. The molecule has 0 spiro atoms. The number of carbonyl (C=O) groups is 2. The zero-order valence-electron chi connectivity index (χ0n) is 18.9. The maximum atomic E-state index is 13.2. The van der Waals surface area contributed by atoms with Crippen molar-refractivity contribution in [1.29, 1.82) is 0 Å². The number of hydrogen-bond acceptors (Lipinski definition) is 9. The van der Waals surface area contributed by atoms with Gasteiger partial charge in [-0.25, -0.2) is 18.0 Å². The number of anilines is 2. The highest BCUT2D eigenvalue weighted by Gasteiger charge is 2.36. The molecule has 0 aromatic heterocycles. The molecule has 0 atom stereocenters. The molecule has 9 nitrogen and oxygen atoms in total. The van der Waals surface area contributed by atoms with E-state index in [1.807, 2.05) is 0 Å². The summed E-state index contributed by atoms with van der Waals surface area (Å²) in [5.41, 5.74) is 1.00. The fourth-order valence-electron chi connectivity index (χ4n) is 3.89. The zero-order valence-corrected chi connectivity index (χ0v) is 19.7. The number of esters is 2. The molecule has 0 N–H and O–H groups in total. The number of hydrogen-bond donors (Lipinski definition) is 0. The number of sulfone groups is 1. The normalized spacial score (nSPS) is 17.5. The highest BCUT2D eigenvalue weighted by atomic mass is 32.2. The van der Waals surface area contributed by atoms with E-state index in [4.69, 9.17) is 14.2 Å². The topological polar surface area (TPSA) is 102 Å². The lowest BCUT2D eigenvalue weighted by Gasteiger charge is -2.34. The third-order valence-corrected chi connectivity index (χ3v) is 7.91. The van der Waals surface area contributed by atoms with Gasteiger partial charge in [0, 0.05) is 18.8 Å². The average Bonchev–Trinajstić information content (AvgIpc) is 2.82. The second-order valence-corrected chi connectivity index (χ2v) is 10.5. The largest absolute Gasteiger partial charge is 0.466 e. The van der Waals surface area contributed by atoms with Gasteiger partial charge in [-0.05, 0) is 51.3 Å². The fourth-order valence-corrected chi connectivity index (χ4v) is 5.12. The molecule has 1 fully saturated rings. The Morgan fingerprint density at radius 2 is 1.69 bits per heavy atom. The second-order valence-electron chi connectivity index (χ2n) is 8.01. The van der Waals surface area contributed by atoms with Crippen LogP contribution in [0.3, 0.4) is 0 Å². The van der Waals surface area contributed by atoms with Crippen LogP contribution in [0.1, 0.15) is 33.1 Å². The number of rotatable bonds is 6. The van der Waals surface area contributed by atoms with Crippen molar-refractivity contribution in [2.45, 2.75) is 43.3 Å².